The molecule has 2 aromatic carbocycles. The largest absolute Gasteiger partial charge is 0.462 e. The molecule has 122 valence electrons. The molecule has 5 heteroatoms. The first-order valence-corrected chi connectivity index (χ1v) is 7.50. The maximum Gasteiger partial charge on any atom is 0.348 e. The van der Waals surface area contributed by atoms with Crippen LogP contribution in [0.25, 0.3) is 10.9 Å². The molecule has 0 aliphatic carbocycles. The first kappa shape index (κ1) is 17.7. The third kappa shape index (κ3) is 4.40. The van der Waals surface area contributed by atoms with Crippen LogP contribution in [-0.4, -0.2) is 18.4 Å². The van der Waals surface area contributed by atoms with Gasteiger partial charge in [0.15, 0.2) is 11.5 Å². The molecule has 0 N–H and O–H groups in total. The monoisotopic (exact) mass is 330 g/mol. The van der Waals surface area contributed by atoms with E-state index in [4.69, 9.17) is 16.6 Å². The number of ether oxygens (including phenoxy) is 1. The molecule has 0 aliphatic heterocycles. The second-order valence-corrected chi connectivity index (χ2v) is 5.00. The van der Waals surface area contributed by atoms with E-state index in [0.29, 0.717) is 22.4 Å². The van der Waals surface area contributed by atoms with Crippen molar-refractivity contribution in [3.05, 3.63) is 82.2 Å². The summed E-state index contributed by atoms with van der Waals surface area (Å²) in [7, 11) is 0. The van der Waals surface area contributed by atoms with E-state index in [9.17, 15) is 9.59 Å². The first-order valence-electron chi connectivity index (χ1n) is 7.50. The molecule has 0 aliphatic rings. The van der Waals surface area contributed by atoms with Gasteiger partial charge in [-0.15, -0.1) is 0 Å². The Labute approximate surface area is 145 Å². The molecule has 0 saturated heterocycles. The molecule has 0 amide bonds. The van der Waals surface area contributed by atoms with Gasteiger partial charge in [-0.1, -0.05) is 48.5 Å². The van der Waals surface area contributed by atoms with Crippen molar-refractivity contribution in [1.82, 2.24) is 0 Å². The Morgan fingerprint density at radius 2 is 1.68 bits per heavy atom. The van der Waals surface area contributed by atoms with Gasteiger partial charge in [0, 0.05) is 11.1 Å². The minimum absolute atomic E-state index is 0.101. The van der Waals surface area contributed by atoms with E-state index >= 15 is 0 Å². The van der Waals surface area contributed by atoms with Crippen molar-refractivity contribution < 1.29 is 14.3 Å². The molecule has 5 nitrogen and oxygen atoms in total. The number of benzene rings is 2. The van der Waals surface area contributed by atoms with Gasteiger partial charge in [0.1, 0.15) is 11.6 Å². The minimum atomic E-state index is -0.676. The lowest BCUT2D eigenvalue weighted by Crippen LogP contribution is -2.06. The Hall–Kier alpha value is -3.70. The van der Waals surface area contributed by atoms with Crippen LogP contribution >= 0.6 is 0 Å². The van der Waals surface area contributed by atoms with Gasteiger partial charge in [-0.05, 0) is 18.6 Å². The van der Waals surface area contributed by atoms with E-state index < -0.39 is 5.97 Å². The molecule has 0 aromatic heterocycles. The predicted octanol–water partition coefficient (Wildman–Crippen LogP) is 3.94. The summed E-state index contributed by atoms with van der Waals surface area (Å²) < 4.78 is 4.80. The molecule has 0 bridgehead atoms. The molecular formula is C20H14N2O3. The first-order chi connectivity index (χ1) is 12.1. The molecule has 2 rings (SSSR count). The van der Waals surface area contributed by atoms with Gasteiger partial charge >= 0.3 is 5.97 Å². The Balaban J connectivity index is 2.21. The third-order valence-electron chi connectivity index (χ3n) is 3.36. The van der Waals surface area contributed by atoms with E-state index in [2.05, 4.69) is 4.85 Å². The van der Waals surface area contributed by atoms with Crippen molar-refractivity contribution in [3.63, 3.8) is 0 Å². The van der Waals surface area contributed by atoms with Crippen LogP contribution in [0.4, 0.5) is 5.69 Å². The quantitative estimate of drug-likeness (QED) is 0.274. The lowest BCUT2D eigenvalue weighted by Gasteiger charge is -2.03. The summed E-state index contributed by atoms with van der Waals surface area (Å²) in [6.45, 7) is 8.77. The Kier molecular flexibility index (Phi) is 5.81. The second-order valence-electron chi connectivity index (χ2n) is 5.00. The third-order valence-corrected chi connectivity index (χ3v) is 3.36. The highest BCUT2D eigenvalue weighted by Gasteiger charge is 2.11. The molecule has 0 fully saturated rings. The van der Waals surface area contributed by atoms with Crippen molar-refractivity contribution in [2.45, 2.75) is 6.92 Å². The molecule has 0 radical (unpaired) electrons. The summed E-state index contributed by atoms with van der Waals surface area (Å²) in [5.74, 6) is -0.844. The van der Waals surface area contributed by atoms with Crippen molar-refractivity contribution in [1.29, 1.82) is 5.26 Å². The van der Waals surface area contributed by atoms with Gasteiger partial charge in [0.2, 0.25) is 0 Å². The topological polar surface area (TPSA) is 71.5 Å². The van der Waals surface area contributed by atoms with Gasteiger partial charge in [0.25, 0.3) is 0 Å². The predicted molar refractivity (Wildman–Crippen MR) is 92.8 cm³/mol. The van der Waals surface area contributed by atoms with Crippen LogP contribution in [0.5, 0.6) is 0 Å². The lowest BCUT2D eigenvalue weighted by molar-refractivity contribution is -0.137. The Morgan fingerprint density at radius 1 is 1.12 bits per heavy atom. The zero-order chi connectivity index (χ0) is 18.2. The smallest absolute Gasteiger partial charge is 0.348 e. The molecule has 0 spiro atoms. The van der Waals surface area contributed by atoms with E-state index in [1.807, 2.05) is 0 Å². The summed E-state index contributed by atoms with van der Waals surface area (Å²) in [6.07, 6.45) is 1.41. The molecule has 0 atom stereocenters. The fourth-order valence-electron chi connectivity index (χ4n) is 2.10. The summed E-state index contributed by atoms with van der Waals surface area (Å²) >= 11 is 0. The van der Waals surface area contributed by atoms with Crippen LogP contribution < -0.4 is 0 Å². The minimum Gasteiger partial charge on any atom is -0.462 e. The van der Waals surface area contributed by atoms with Crippen molar-refractivity contribution >= 4 is 23.5 Å². The van der Waals surface area contributed by atoms with E-state index in [0.717, 1.165) is 0 Å². The molecule has 0 unspecified atom stereocenters. The second kappa shape index (κ2) is 8.24. The van der Waals surface area contributed by atoms with E-state index in [1.54, 1.807) is 61.5 Å². The molecule has 0 heterocycles. The van der Waals surface area contributed by atoms with Crippen LogP contribution in [0.1, 0.15) is 28.4 Å². The number of carbonyl (C=O) groups is 2. The summed E-state index contributed by atoms with van der Waals surface area (Å²) in [6, 6.07) is 14.8. The standard InChI is InChI=1S/C20H14N2O3/c1-3-25-20(24)17(13-21)12-14-4-6-15(7-5-14)19(23)16-8-10-18(22-2)11-9-16/h4-12H,3H2,1H3/b17-12-. The van der Waals surface area contributed by atoms with Gasteiger partial charge < -0.3 is 4.74 Å². The molecular weight excluding hydrogens is 316 g/mol. The fraction of sp³-hybridized carbons (Fsp3) is 0.100. The summed E-state index contributed by atoms with van der Waals surface area (Å²) in [5, 5.41) is 9.02. The van der Waals surface area contributed by atoms with Gasteiger partial charge in [-0.25, -0.2) is 9.64 Å². The normalized spacial score (nSPS) is 10.4. The van der Waals surface area contributed by atoms with Crippen molar-refractivity contribution in [2.24, 2.45) is 0 Å². The number of ketones is 1. The summed E-state index contributed by atoms with van der Waals surface area (Å²) in [5.41, 5.74) is 1.95. The highest BCUT2D eigenvalue weighted by atomic mass is 16.5. The lowest BCUT2D eigenvalue weighted by atomic mass is 10.0. The number of esters is 1. The number of nitrogens with zero attached hydrogens (tertiary/aromatic N) is 2. The van der Waals surface area contributed by atoms with Crippen LogP contribution in [0.15, 0.2) is 54.1 Å². The fourth-order valence-corrected chi connectivity index (χ4v) is 2.10. The SMILES string of the molecule is [C-]#[N+]c1ccc(C(=O)c2ccc(/C=C(/C#N)C(=O)OCC)cc2)cc1. The van der Waals surface area contributed by atoms with Crippen LogP contribution in [0, 0.1) is 17.9 Å². The average Bonchev–Trinajstić information content (AvgIpc) is 2.66. The molecule has 0 saturated carbocycles. The highest BCUT2D eigenvalue weighted by molar-refractivity contribution is 6.09. The number of hydrogen-bond acceptors (Lipinski definition) is 4. The van der Waals surface area contributed by atoms with E-state index in [-0.39, 0.29) is 18.0 Å². The Bertz CT molecular complexity index is 896. The van der Waals surface area contributed by atoms with Crippen LogP contribution in [0.3, 0.4) is 0 Å². The van der Waals surface area contributed by atoms with Crippen molar-refractivity contribution in [3.8, 4) is 6.07 Å². The maximum absolute atomic E-state index is 12.4. The van der Waals surface area contributed by atoms with Crippen molar-refractivity contribution in [2.75, 3.05) is 6.61 Å². The number of hydrogen-bond donors (Lipinski definition) is 0. The molecule has 2 aromatic rings. The number of nitriles is 1. The highest BCUT2D eigenvalue weighted by Crippen LogP contribution is 2.17. The van der Waals surface area contributed by atoms with Gasteiger partial charge in [-0.2, -0.15) is 5.26 Å². The van der Waals surface area contributed by atoms with Gasteiger partial charge in [-0.3, -0.25) is 4.79 Å². The van der Waals surface area contributed by atoms with Gasteiger partial charge in [0.05, 0.1) is 13.2 Å². The average molecular weight is 330 g/mol. The molecule has 25 heavy (non-hydrogen) atoms. The zero-order valence-electron chi connectivity index (χ0n) is 13.5. The maximum atomic E-state index is 12.4. The van der Waals surface area contributed by atoms with Crippen LogP contribution in [-0.2, 0) is 9.53 Å². The number of rotatable bonds is 5. The Morgan fingerprint density at radius 3 is 2.16 bits per heavy atom. The summed E-state index contributed by atoms with van der Waals surface area (Å²) in [4.78, 5) is 27.3. The van der Waals surface area contributed by atoms with Crippen LogP contribution in [0.2, 0.25) is 0 Å². The zero-order valence-corrected chi connectivity index (χ0v) is 13.5. The van der Waals surface area contributed by atoms with E-state index in [1.165, 1.54) is 6.08 Å². The number of carbonyl (C=O) groups excluding carboxylic acids is 2.